The first-order valence-electron chi connectivity index (χ1n) is 4.36. The largest absolute Gasteiger partial charge is 0.395 e. The van der Waals surface area contributed by atoms with E-state index in [2.05, 4.69) is 16.8 Å². The van der Waals surface area contributed by atoms with Gasteiger partial charge in [-0.1, -0.05) is 5.92 Å². The lowest BCUT2D eigenvalue weighted by molar-refractivity contribution is -0.385. The van der Waals surface area contributed by atoms with Crippen LogP contribution in [0.4, 0.5) is 5.69 Å². The SMILES string of the molecule is Cc1cc(C#CCCO)ncc1[N+](=O)[O-]. The van der Waals surface area contributed by atoms with Crippen molar-refractivity contribution in [3.8, 4) is 11.8 Å². The highest BCUT2D eigenvalue weighted by Gasteiger charge is 2.10. The first-order chi connectivity index (χ1) is 7.15. The molecular formula is C10H10N2O3. The molecule has 0 amide bonds. The second kappa shape index (κ2) is 5.08. The van der Waals surface area contributed by atoms with Crippen molar-refractivity contribution in [1.29, 1.82) is 0 Å². The van der Waals surface area contributed by atoms with Gasteiger partial charge in [-0.2, -0.15) is 0 Å². The molecule has 0 saturated carbocycles. The van der Waals surface area contributed by atoms with Gasteiger partial charge in [-0.05, 0) is 18.9 Å². The van der Waals surface area contributed by atoms with Crippen molar-refractivity contribution in [3.63, 3.8) is 0 Å². The first kappa shape index (κ1) is 11.1. The fraction of sp³-hybridized carbons (Fsp3) is 0.300. The topological polar surface area (TPSA) is 76.3 Å². The summed E-state index contributed by atoms with van der Waals surface area (Å²) in [6.07, 6.45) is 1.57. The highest BCUT2D eigenvalue weighted by Crippen LogP contribution is 2.15. The molecule has 0 bridgehead atoms. The summed E-state index contributed by atoms with van der Waals surface area (Å²) in [7, 11) is 0. The molecular weight excluding hydrogens is 196 g/mol. The summed E-state index contributed by atoms with van der Waals surface area (Å²) < 4.78 is 0. The van der Waals surface area contributed by atoms with Crippen LogP contribution in [0.5, 0.6) is 0 Å². The summed E-state index contributed by atoms with van der Waals surface area (Å²) in [5.41, 5.74) is 0.998. The van der Waals surface area contributed by atoms with Gasteiger partial charge >= 0.3 is 0 Å². The Morgan fingerprint density at radius 2 is 2.40 bits per heavy atom. The molecule has 0 fully saturated rings. The highest BCUT2D eigenvalue weighted by molar-refractivity contribution is 5.41. The molecule has 0 aliphatic carbocycles. The van der Waals surface area contributed by atoms with Crippen LogP contribution in [0.25, 0.3) is 0 Å². The van der Waals surface area contributed by atoms with E-state index in [9.17, 15) is 10.1 Å². The second-order valence-electron chi connectivity index (χ2n) is 2.89. The molecule has 0 spiro atoms. The Balaban J connectivity index is 2.93. The summed E-state index contributed by atoms with van der Waals surface area (Å²) in [5.74, 6) is 5.40. The van der Waals surface area contributed by atoms with Crippen molar-refractivity contribution in [2.45, 2.75) is 13.3 Å². The third kappa shape index (κ3) is 3.04. The highest BCUT2D eigenvalue weighted by atomic mass is 16.6. The van der Waals surface area contributed by atoms with Crippen LogP contribution >= 0.6 is 0 Å². The minimum atomic E-state index is -0.479. The van der Waals surface area contributed by atoms with E-state index in [0.717, 1.165) is 0 Å². The van der Waals surface area contributed by atoms with E-state index in [1.165, 1.54) is 6.20 Å². The lowest BCUT2D eigenvalue weighted by Gasteiger charge is -1.95. The second-order valence-corrected chi connectivity index (χ2v) is 2.89. The standard InChI is InChI=1S/C10H10N2O3/c1-8-6-9(4-2-3-5-13)11-7-10(8)12(14)15/h6-7,13H,3,5H2,1H3. The fourth-order valence-corrected chi connectivity index (χ4v) is 1.02. The number of aliphatic hydroxyl groups excluding tert-OH is 1. The van der Waals surface area contributed by atoms with Crippen LogP contribution in [0.15, 0.2) is 12.3 Å². The van der Waals surface area contributed by atoms with Gasteiger partial charge in [0.05, 0.1) is 11.5 Å². The molecule has 0 aromatic carbocycles. The zero-order chi connectivity index (χ0) is 11.3. The van der Waals surface area contributed by atoms with Crippen LogP contribution in [-0.2, 0) is 0 Å². The molecule has 15 heavy (non-hydrogen) atoms. The van der Waals surface area contributed by atoms with Crippen LogP contribution in [0.2, 0.25) is 0 Å². The van der Waals surface area contributed by atoms with Gasteiger partial charge in [-0.25, -0.2) is 4.98 Å². The number of hydrogen-bond acceptors (Lipinski definition) is 4. The van der Waals surface area contributed by atoms with Crippen molar-refractivity contribution < 1.29 is 10.0 Å². The molecule has 1 heterocycles. The Morgan fingerprint density at radius 1 is 1.67 bits per heavy atom. The lowest BCUT2D eigenvalue weighted by atomic mass is 10.2. The summed E-state index contributed by atoms with van der Waals surface area (Å²) in [5, 5.41) is 19.0. The van der Waals surface area contributed by atoms with E-state index in [1.807, 2.05) is 0 Å². The van der Waals surface area contributed by atoms with Crippen LogP contribution in [0.1, 0.15) is 17.7 Å². The van der Waals surface area contributed by atoms with Crippen LogP contribution in [0.3, 0.4) is 0 Å². The normalized spacial score (nSPS) is 9.20. The average Bonchev–Trinajstić information content (AvgIpc) is 2.17. The zero-order valence-corrected chi connectivity index (χ0v) is 8.23. The molecule has 78 valence electrons. The van der Waals surface area contributed by atoms with Crippen LogP contribution < -0.4 is 0 Å². The molecule has 1 rings (SSSR count). The molecule has 1 aromatic heterocycles. The van der Waals surface area contributed by atoms with Gasteiger partial charge in [0, 0.05) is 12.0 Å². The van der Waals surface area contributed by atoms with Crippen molar-refractivity contribution in [2.75, 3.05) is 6.61 Å². The molecule has 0 aliphatic rings. The number of aliphatic hydroxyl groups is 1. The predicted octanol–water partition coefficient (Wildman–Crippen LogP) is 1.03. The number of pyridine rings is 1. The quantitative estimate of drug-likeness (QED) is 0.445. The molecule has 5 heteroatoms. The van der Waals surface area contributed by atoms with Gasteiger partial charge < -0.3 is 5.11 Å². The molecule has 1 N–H and O–H groups in total. The van der Waals surface area contributed by atoms with Crippen molar-refractivity contribution >= 4 is 5.69 Å². The molecule has 1 aromatic rings. The number of aryl methyl sites for hydroxylation is 1. The number of hydrogen-bond donors (Lipinski definition) is 1. The maximum atomic E-state index is 10.5. The van der Waals surface area contributed by atoms with Gasteiger partial charge in [0.25, 0.3) is 5.69 Å². The smallest absolute Gasteiger partial charge is 0.290 e. The molecule has 5 nitrogen and oxygen atoms in total. The Labute approximate surface area is 86.9 Å². The Hall–Kier alpha value is -1.93. The minimum absolute atomic E-state index is 0.00103. The van der Waals surface area contributed by atoms with Crippen LogP contribution in [0, 0.1) is 28.9 Å². The first-order valence-corrected chi connectivity index (χ1v) is 4.36. The molecule has 0 aliphatic heterocycles. The predicted molar refractivity (Wildman–Crippen MR) is 54.2 cm³/mol. The maximum Gasteiger partial charge on any atom is 0.290 e. The fourth-order valence-electron chi connectivity index (χ4n) is 1.02. The van der Waals surface area contributed by atoms with E-state index in [1.54, 1.807) is 13.0 Å². The van der Waals surface area contributed by atoms with E-state index < -0.39 is 4.92 Å². The van der Waals surface area contributed by atoms with Crippen molar-refractivity contribution in [2.24, 2.45) is 0 Å². The Bertz CT molecular complexity index is 432. The molecule has 0 saturated heterocycles. The van der Waals surface area contributed by atoms with Gasteiger partial charge in [-0.15, -0.1) is 0 Å². The summed E-state index contributed by atoms with van der Waals surface area (Å²) in [6.45, 7) is 1.63. The number of aromatic nitrogens is 1. The third-order valence-corrected chi connectivity index (χ3v) is 1.73. The zero-order valence-electron chi connectivity index (χ0n) is 8.23. The monoisotopic (exact) mass is 206 g/mol. The van der Waals surface area contributed by atoms with E-state index in [4.69, 9.17) is 5.11 Å². The van der Waals surface area contributed by atoms with E-state index >= 15 is 0 Å². The van der Waals surface area contributed by atoms with E-state index in [0.29, 0.717) is 17.7 Å². The minimum Gasteiger partial charge on any atom is -0.395 e. The summed E-state index contributed by atoms with van der Waals surface area (Å²) >= 11 is 0. The molecule has 0 atom stereocenters. The maximum absolute atomic E-state index is 10.5. The Kier molecular flexibility index (Phi) is 3.77. The van der Waals surface area contributed by atoms with Gasteiger partial charge in [0.15, 0.2) is 0 Å². The Morgan fingerprint density at radius 3 is 2.93 bits per heavy atom. The number of nitro groups is 1. The van der Waals surface area contributed by atoms with Gasteiger partial charge in [0.1, 0.15) is 11.9 Å². The average molecular weight is 206 g/mol. The molecule has 0 unspecified atom stereocenters. The molecule has 0 radical (unpaired) electrons. The van der Waals surface area contributed by atoms with Gasteiger partial charge in [-0.3, -0.25) is 10.1 Å². The lowest BCUT2D eigenvalue weighted by Crippen LogP contribution is -1.94. The summed E-state index contributed by atoms with van der Waals surface area (Å²) in [6, 6.07) is 1.56. The number of nitrogens with zero attached hydrogens (tertiary/aromatic N) is 2. The van der Waals surface area contributed by atoms with Crippen LogP contribution in [-0.4, -0.2) is 21.6 Å². The third-order valence-electron chi connectivity index (χ3n) is 1.73. The number of rotatable bonds is 2. The van der Waals surface area contributed by atoms with Crippen molar-refractivity contribution in [1.82, 2.24) is 4.98 Å². The summed E-state index contributed by atoms with van der Waals surface area (Å²) in [4.78, 5) is 13.8. The van der Waals surface area contributed by atoms with Gasteiger partial charge in [0.2, 0.25) is 0 Å². The van der Waals surface area contributed by atoms with E-state index in [-0.39, 0.29) is 12.3 Å². The van der Waals surface area contributed by atoms with Crippen molar-refractivity contribution in [3.05, 3.63) is 33.6 Å².